The molecule has 8 rings (SSSR count). The highest BCUT2D eigenvalue weighted by Crippen LogP contribution is 2.25. The van der Waals surface area contributed by atoms with Crippen molar-refractivity contribution >= 4 is 117 Å². The molecule has 6 aromatic carbocycles. The van der Waals surface area contributed by atoms with Crippen LogP contribution < -0.4 is 53.6 Å². The molecular formula is C94H120N16O19S. The molecule has 1 fully saturated rings. The molecule has 1 aliphatic rings. The Morgan fingerprint density at radius 1 is 0.438 bits per heavy atom. The molecule has 0 aliphatic carbocycles. The number of unbranched alkanes of at least 4 members (excludes halogenated alkanes) is 2. The number of amides is 15. The number of nitrogens with two attached hydrogens (primary N) is 1. The minimum Gasteiger partial charge on any atom is -0.508 e. The number of carboxylic acid groups (broad SMARTS) is 1. The van der Waals surface area contributed by atoms with Crippen LogP contribution in [0, 0.1) is 5.92 Å². The van der Waals surface area contributed by atoms with Crippen molar-refractivity contribution in [2.24, 2.45) is 11.7 Å². The molecule has 130 heavy (non-hydrogen) atoms. The number of rotatable bonds is 25. The van der Waals surface area contributed by atoms with Gasteiger partial charge in [-0.15, -0.1) is 11.8 Å². The van der Waals surface area contributed by atoms with E-state index < -0.39 is 193 Å². The first-order chi connectivity index (χ1) is 62.0. The van der Waals surface area contributed by atoms with E-state index in [2.05, 4.69) is 52.8 Å². The third kappa shape index (κ3) is 31.1. The Hall–Kier alpha value is -13.7. The molecule has 15 amide bonds. The summed E-state index contributed by atoms with van der Waals surface area (Å²) in [6.07, 6.45) is 0.803. The van der Waals surface area contributed by atoms with Crippen molar-refractivity contribution in [3.63, 3.8) is 0 Å². The van der Waals surface area contributed by atoms with Gasteiger partial charge in [0.2, 0.25) is 88.6 Å². The van der Waals surface area contributed by atoms with Crippen LogP contribution >= 0.6 is 11.8 Å². The number of aliphatic carboxylic acids is 1. The second-order valence-electron chi connectivity index (χ2n) is 33.0. The number of carbonyl (C=O) groups excluding carboxylic acids is 15. The van der Waals surface area contributed by atoms with Crippen LogP contribution in [-0.2, 0) is 115 Å². The van der Waals surface area contributed by atoms with Crippen molar-refractivity contribution in [3.8, 4) is 11.5 Å². The molecule has 0 saturated carbocycles. The summed E-state index contributed by atoms with van der Waals surface area (Å²) in [4.78, 5) is 244. The minimum absolute atomic E-state index is 0.0324. The van der Waals surface area contributed by atoms with Gasteiger partial charge >= 0.3 is 5.97 Å². The molecule has 2 heterocycles. The van der Waals surface area contributed by atoms with Gasteiger partial charge in [0, 0.05) is 96.6 Å². The number of phenols is 2. The van der Waals surface area contributed by atoms with E-state index in [9.17, 15) is 53.7 Å². The fourth-order valence-corrected chi connectivity index (χ4v) is 16.0. The molecular weight excluding hydrogens is 1690 g/mol. The normalized spacial score (nSPS) is 21.8. The van der Waals surface area contributed by atoms with E-state index in [1.165, 1.54) is 93.6 Å². The third-order valence-corrected chi connectivity index (χ3v) is 23.3. The summed E-state index contributed by atoms with van der Waals surface area (Å²) in [5.41, 5.74) is 9.14. The average molecular weight is 1810 g/mol. The lowest BCUT2D eigenvalue weighted by Gasteiger charge is -2.37. The highest BCUT2D eigenvalue weighted by molar-refractivity contribution is 8.00. The van der Waals surface area contributed by atoms with Crippen LogP contribution in [0.15, 0.2) is 170 Å². The first-order valence-corrected chi connectivity index (χ1v) is 44.4. The number of thioether (sulfide) groups is 1. The maximum atomic E-state index is 15.5. The summed E-state index contributed by atoms with van der Waals surface area (Å²) in [5, 5.41) is 55.7. The van der Waals surface area contributed by atoms with Crippen molar-refractivity contribution < 1.29 is 92.0 Å². The Kier molecular flexibility index (Phi) is 39.3. The summed E-state index contributed by atoms with van der Waals surface area (Å²) in [7, 11) is 6.57. The van der Waals surface area contributed by atoms with Crippen LogP contribution in [0.3, 0.4) is 0 Å². The molecule has 0 radical (unpaired) electrons. The number of aromatic amines is 1. The van der Waals surface area contributed by atoms with Crippen LogP contribution in [0.5, 0.6) is 11.5 Å². The molecule has 1 saturated heterocycles. The first kappa shape index (κ1) is 102. The van der Waals surface area contributed by atoms with Crippen LogP contribution in [0.4, 0.5) is 0 Å². The molecule has 1 aromatic heterocycles. The fraction of sp³-hybridized carbons (Fsp3) is 0.426. The van der Waals surface area contributed by atoms with E-state index in [1.54, 1.807) is 135 Å². The number of H-pyrrole nitrogens is 1. The van der Waals surface area contributed by atoms with Crippen molar-refractivity contribution in [2.75, 3.05) is 66.4 Å². The zero-order valence-electron chi connectivity index (χ0n) is 74.6. The number of phenolic OH excluding ortho intramolecular Hbond substituents is 2. The lowest BCUT2D eigenvalue weighted by Crippen LogP contribution is -2.60. The quantitative estimate of drug-likeness (QED) is 0.0391. The maximum absolute atomic E-state index is 15.5. The number of hydrogen-bond donors (Lipinski definition) is 14. The zero-order valence-corrected chi connectivity index (χ0v) is 75.4. The molecule has 1 aliphatic heterocycles. The number of likely N-dealkylation sites (N-methyl/N-ethyl adjacent to an activating group) is 5. The standard InChI is InChI=1S/C94H120N16O19S/c1-10-12-32-68-91(126)109(8)77(47-59-27-19-15-20-28-59)89(124)104-73(46-62-37-41-65(112)42-38-62)90(125)106(5)53-80(114)98-71(49-63-51-96-67-33-24-23-31-66(63)67)87(122)103-70(44-61-35-39-64(111)40-36-61)86(121)102-69(43-57(3)4)85(120)105-75(84(119)97-52-79(95)113)55-130-56-82(116)100-74(45-58-25-17-14-18-26-58)92(127)110(9)78(48-60-29-21-16-22-30-60)94(129)108(7)76(34-13-11-2)93(128)107(6)54-81(115)99-72(50-83(117)118)88(123)101-68/h14-31,33,35-42,51,57,68-78,96,111-112H,10-13,32,34,43-50,52-56H2,1-9H3,(H2,95,113)(H,97,119)(H,98,114)(H,99,115)(H,100,116)(H,101,123)(H,102,121)(H,103,122)(H,104,124)(H,105,120)(H,117,118)/t68-,69-,70-,71-,72-,73-,74-,75-,76-,77-,78-/m0/s1. The number of carbonyl (C=O) groups is 16. The first-order valence-electron chi connectivity index (χ1n) is 43.3. The Morgan fingerprint density at radius 3 is 1.41 bits per heavy atom. The monoisotopic (exact) mass is 1810 g/mol. The number of carboxylic acids is 1. The Balaban J connectivity index is 1.22. The highest BCUT2D eigenvalue weighted by Gasteiger charge is 2.42. The summed E-state index contributed by atoms with van der Waals surface area (Å²) in [6.45, 7) is 4.87. The number of aromatic hydroxyl groups is 2. The van der Waals surface area contributed by atoms with Crippen LogP contribution in [-0.4, -0.2) is 272 Å². The molecule has 36 heteroatoms. The van der Waals surface area contributed by atoms with E-state index in [0.717, 1.165) is 26.5 Å². The summed E-state index contributed by atoms with van der Waals surface area (Å²) >= 11 is 0.830. The molecule has 0 unspecified atom stereocenters. The molecule has 696 valence electrons. The van der Waals surface area contributed by atoms with Gasteiger partial charge in [-0.1, -0.05) is 187 Å². The van der Waals surface area contributed by atoms with Gasteiger partial charge < -0.3 is 98.4 Å². The van der Waals surface area contributed by atoms with Gasteiger partial charge in [-0.2, -0.15) is 0 Å². The van der Waals surface area contributed by atoms with Gasteiger partial charge in [0.1, 0.15) is 78.0 Å². The van der Waals surface area contributed by atoms with Gasteiger partial charge in [0.05, 0.1) is 31.8 Å². The Labute approximate surface area is 759 Å². The van der Waals surface area contributed by atoms with Gasteiger partial charge in [-0.25, -0.2) is 0 Å². The molecule has 11 atom stereocenters. The number of aromatic nitrogens is 1. The van der Waals surface area contributed by atoms with Crippen LogP contribution in [0.1, 0.15) is 112 Å². The summed E-state index contributed by atoms with van der Waals surface area (Å²) in [5.74, 6) is -16.5. The van der Waals surface area contributed by atoms with Gasteiger partial charge in [0.15, 0.2) is 0 Å². The van der Waals surface area contributed by atoms with Crippen molar-refractivity contribution in [3.05, 3.63) is 203 Å². The van der Waals surface area contributed by atoms with E-state index >= 15 is 38.4 Å². The second kappa shape index (κ2) is 50.2. The highest BCUT2D eigenvalue weighted by atomic mass is 32.2. The van der Waals surface area contributed by atoms with Gasteiger partial charge in [-0.3, -0.25) is 76.7 Å². The summed E-state index contributed by atoms with van der Waals surface area (Å²) in [6, 6.07) is 27.4. The Bertz CT molecular complexity index is 5070. The van der Waals surface area contributed by atoms with Gasteiger partial charge in [0.25, 0.3) is 0 Å². The lowest BCUT2D eigenvalue weighted by molar-refractivity contribution is -0.151. The lowest BCUT2D eigenvalue weighted by atomic mass is 9.99. The molecule has 35 nitrogen and oxygen atoms in total. The Morgan fingerprint density at radius 2 is 0.862 bits per heavy atom. The number of hydrogen-bond acceptors (Lipinski definition) is 19. The predicted octanol–water partition coefficient (Wildman–Crippen LogP) is 2.86. The topological polar surface area (TPSA) is 500 Å². The molecule has 15 N–H and O–H groups in total. The minimum atomic E-state index is -1.89. The number of para-hydroxylation sites is 1. The van der Waals surface area contributed by atoms with Crippen LogP contribution in [0.25, 0.3) is 10.9 Å². The van der Waals surface area contributed by atoms with E-state index in [4.69, 9.17) is 5.73 Å². The van der Waals surface area contributed by atoms with E-state index in [1.807, 2.05) is 13.8 Å². The predicted molar refractivity (Wildman–Crippen MR) is 487 cm³/mol. The maximum Gasteiger partial charge on any atom is 0.305 e. The largest absolute Gasteiger partial charge is 0.508 e. The number of primary amides is 1. The number of nitrogens with one attached hydrogen (secondary N) is 10. The van der Waals surface area contributed by atoms with E-state index in [-0.39, 0.29) is 87.4 Å². The average Bonchev–Trinajstić information content (AvgIpc) is 1.28. The molecule has 0 bridgehead atoms. The van der Waals surface area contributed by atoms with E-state index in [0.29, 0.717) is 63.5 Å². The van der Waals surface area contributed by atoms with Crippen LogP contribution in [0.2, 0.25) is 0 Å². The number of fused-ring (bicyclic) bond motifs is 1. The molecule has 7 aromatic rings. The molecule has 0 spiro atoms. The fourth-order valence-electron chi connectivity index (χ4n) is 15.1. The van der Waals surface area contributed by atoms with Crippen molar-refractivity contribution in [2.45, 2.75) is 184 Å². The van der Waals surface area contributed by atoms with Crippen molar-refractivity contribution in [1.29, 1.82) is 0 Å². The van der Waals surface area contributed by atoms with Gasteiger partial charge in [-0.05, 0) is 88.9 Å². The SMILES string of the molecule is CCCC[C@@H]1NC(=O)[C@H](CC(=O)O)NC(=O)CN(C)C(=O)[C@H](CCCC)N(C)C(=O)[C@H](Cc2ccccc2)N(C)C(=O)[C@H](Cc2ccccc2)NC(=O)CSC[C@@H](C(=O)NCC(N)=O)NC(=O)[C@H](CC(C)C)NC(=O)[C@H](Cc2ccc(O)cc2)NC(=O)[C@H](Cc2c[nH]c3ccccc23)NC(=O)CN(C)C(=O)[C@H](Cc2ccc(O)cc2)NC(=O)[C@H](Cc2ccccc2)N(C)C1=O. The summed E-state index contributed by atoms with van der Waals surface area (Å²) < 4.78 is 0. The third-order valence-electron chi connectivity index (χ3n) is 22.3. The second-order valence-corrected chi connectivity index (χ2v) is 34.1. The number of nitrogens with zero attached hydrogens (tertiary/aromatic N) is 5. The smallest absolute Gasteiger partial charge is 0.305 e. The zero-order chi connectivity index (χ0) is 94.8. The van der Waals surface area contributed by atoms with Crippen molar-refractivity contribution in [1.82, 2.24) is 77.3 Å². The number of benzene rings is 6.